The predicted molar refractivity (Wildman–Crippen MR) is 49.0 cm³/mol. The molecule has 0 saturated heterocycles. The Bertz CT molecular complexity index is 229. The van der Waals surface area contributed by atoms with Gasteiger partial charge in [0.15, 0.2) is 0 Å². The van der Waals surface area contributed by atoms with Crippen LogP contribution < -0.4 is 5.73 Å². The summed E-state index contributed by atoms with van der Waals surface area (Å²) in [7, 11) is 0. The number of rotatable bonds is 2. The van der Waals surface area contributed by atoms with Crippen LogP contribution in [0.4, 0.5) is 0 Å². The number of carbonyl (C=O) groups is 1. The molecule has 3 atom stereocenters. The lowest BCUT2D eigenvalue weighted by Crippen LogP contribution is -2.64. The second-order valence-electron chi connectivity index (χ2n) is 4.26. The van der Waals surface area contributed by atoms with Crippen molar-refractivity contribution in [2.24, 2.45) is 17.6 Å². The summed E-state index contributed by atoms with van der Waals surface area (Å²) in [6, 6.07) is 0. The minimum Gasteiger partial charge on any atom is -0.465 e. The Labute approximate surface area is 78.6 Å². The van der Waals surface area contributed by atoms with Crippen LogP contribution in [0.5, 0.6) is 0 Å². The van der Waals surface area contributed by atoms with Crippen molar-refractivity contribution < 1.29 is 9.53 Å². The molecule has 2 fully saturated rings. The molecule has 0 spiro atoms. The molecule has 2 saturated carbocycles. The van der Waals surface area contributed by atoms with Crippen molar-refractivity contribution in [3.8, 4) is 0 Å². The van der Waals surface area contributed by atoms with Gasteiger partial charge in [0.25, 0.3) is 0 Å². The van der Waals surface area contributed by atoms with E-state index >= 15 is 0 Å². The van der Waals surface area contributed by atoms with E-state index in [1.54, 1.807) is 0 Å². The number of ether oxygens (including phenoxy) is 1. The maximum Gasteiger partial charge on any atom is 0.326 e. The molecular formula is C10H17NO2. The molecule has 0 aliphatic heterocycles. The van der Waals surface area contributed by atoms with Crippen molar-refractivity contribution in [2.45, 2.75) is 38.1 Å². The average molecular weight is 183 g/mol. The van der Waals surface area contributed by atoms with Gasteiger partial charge in [-0.25, -0.2) is 0 Å². The van der Waals surface area contributed by atoms with E-state index in [9.17, 15) is 4.79 Å². The summed E-state index contributed by atoms with van der Waals surface area (Å²) in [5, 5.41) is 0. The van der Waals surface area contributed by atoms with Crippen LogP contribution in [0.15, 0.2) is 0 Å². The molecule has 74 valence electrons. The lowest BCUT2D eigenvalue weighted by atomic mass is 9.61. The van der Waals surface area contributed by atoms with Gasteiger partial charge in [-0.1, -0.05) is 12.8 Å². The summed E-state index contributed by atoms with van der Waals surface area (Å²) in [5.41, 5.74) is 5.42. The van der Waals surface area contributed by atoms with Crippen LogP contribution in [0.1, 0.15) is 32.6 Å². The second kappa shape index (κ2) is 2.98. The van der Waals surface area contributed by atoms with E-state index in [1.807, 2.05) is 6.92 Å². The van der Waals surface area contributed by atoms with E-state index in [2.05, 4.69) is 0 Å². The first-order valence-electron chi connectivity index (χ1n) is 5.14. The van der Waals surface area contributed by atoms with Crippen LogP contribution in [-0.2, 0) is 9.53 Å². The molecule has 0 amide bonds. The summed E-state index contributed by atoms with van der Waals surface area (Å²) in [4.78, 5) is 11.5. The molecule has 0 heterocycles. The molecule has 0 aromatic carbocycles. The normalized spacial score (nSPS) is 42.3. The molecule has 0 aromatic heterocycles. The SMILES string of the molecule is CCOC(=O)C1(N)CC2CCCC21. The standard InChI is InChI=1S/C10H17NO2/c1-2-13-9(12)10(11)6-7-4-3-5-8(7)10/h7-8H,2-6,11H2,1H3. The molecule has 3 heteroatoms. The van der Waals surface area contributed by atoms with Crippen LogP contribution in [0.3, 0.4) is 0 Å². The van der Waals surface area contributed by atoms with Gasteiger partial charge >= 0.3 is 5.97 Å². The first kappa shape index (κ1) is 9.00. The Kier molecular flexibility index (Phi) is 2.06. The van der Waals surface area contributed by atoms with E-state index in [-0.39, 0.29) is 5.97 Å². The monoisotopic (exact) mass is 183 g/mol. The maximum atomic E-state index is 11.5. The lowest BCUT2D eigenvalue weighted by Gasteiger charge is -2.47. The highest BCUT2D eigenvalue weighted by molar-refractivity contribution is 5.82. The van der Waals surface area contributed by atoms with Crippen molar-refractivity contribution in [2.75, 3.05) is 6.61 Å². The fraction of sp³-hybridized carbons (Fsp3) is 0.900. The quantitative estimate of drug-likeness (QED) is 0.651. The fourth-order valence-electron chi connectivity index (χ4n) is 2.88. The number of fused-ring (bicyclic) bond motifs is 1. The molecule has 2 aliphatic carbocycles. The molecule has 2 aliphatic rings. The molecule has 0 bridgehead atoms. The van der Waals surface area contributed by atoms with Gasteiger partial charge in [0.2, 0.25) is 0 Å². The molecule has 0 aromatic rings. The molecule has 2 N–H and O–H groups in total. The molecule has 0 radical (unpaired) electrons. The van der Waals surface area contributed by atoms with Crippen LogP contribution in [0.2, 0.25) is 0 Å². The number of hydrogen-bond acceptors (Lipinski definition) is 3. The van der Waals surface area contributed by atoms with Gasteiger partial charge in [0.1, 0.15) is 5.54 Å². The number of esters is 1. The molecular weight excluding hydrogens is 166 g/mol. The minimum absolute atomic E-state index is 0.182. The molecule has 3 nitrogen and oxygen atoms in total. The van der Waals surface area contributed by atoms with Gasteiger partial charge in [-0.3, -0.25) is 4.79 Å². The van der Waals surface area contributed by atoms with Crippen LogP contribution in [-0.4, -0.2) is 18.1 Å². The lowest BCUT2D eigenvalue weighted by molar-refractivity contribution is -0.159. The zero-order valence-electron chi connectivity index (χ0n) is 8.08. The van der Waals surface area contributed by atoms with Crippen molar-refractivity contribution in [3.05, 3.63) is 0 Å². The zero-order chi connectivity index (χ0) is 9.47. The summed E-state index contributed by atoms with van der Waals surface area (Å²) in [6.07, 6.45) is 4.44. The van der Waals surface area contributed by atoms with Crippen molar-refractivity contribution in [1.82, 2.24) is 0 Å². The van der Waals surface area contributed by atoms with Gasteiger partial charge in [0, 0.05) is 0 Å². The van der Waals surface area contributed by atoms with Crippen molar-refractivity contribution >= 4 is 5.97 Å². The van der Waals surface area contributed by atoms with Crippen LogP contribution in [0, 0.1) is 11.8 Å². The second-order valence-corrected chi connectivity index (χ2v) is 4.26. The Hall–Kier alpha value is -0.570. The van der Waals surface area contributed by atoms with Crippen molar-refractivity contribution in [1.29, 1.82) is 0 Å². The third-order valence-corrected chi connectivity index (χ3v) is 3.58. The van der Waals surface area contributed by atoms with E-state index < -0.39 is 5.54 Å². The summed E-state index contributed by atoms with van der Waals surface area (Å²) in [6.45, 7) is 2.27. The smallest absolute Gasteiger partial charge is 0.326 e. The Morgan fingerprint density at radius 1 is 1.62 bits per heavy atom. The topological polar surface area (TPSA) is 52.3 Å². The van der Waals surface area contributed by atoms with Gasteiger partial charge < -0.3 is 10.5 Å². The first-order chi connectivity index (χ1) is 6.18. The van der Waals surface area contributed by atoms with Gasteiger partial charge in [-0.05, 0) is 31.6 Å². The van der Waals surface area contributed by atoms with E-state index in [0.29, 0.717) is 18.4 Å². The Balaban J connectivity index is 2.02. The minimum atomic E-state index is -0.628. The number of hydrogen-bond donors (Lipinski definition) is 1. The fourth-order valence-corrected chi connectivity index (χ4v) is 2.88. The first-order valence-corrected chi connectivity index (χ1v) is 5.14. The van der Waals surface area contributed by atoms with E-state index in [4.69, 9.17) is 10.5 Å². The highest BCUT2D eigenvalue weighted by Gasteiger charge is 2.58. The van der Waals surface area contributed by atoms with Gasteiger partial charge in [0.05, 0.1) is 6.61 Å². The van der Waals surface area contributed by atoms with Gasteiger partial charge in [-0.15, -0.1) is 0 Å². The molecule has 13 heavy (non-hydrogen) atoms. The third kappa shape index (κ3) is 1.17. The number of nitrogens with two attached hydrogens (primary N) is 1. The average Bonchev–Trinajstić information content (AvgIpc) is 2.47. The van der Waals surface area contributed by atoms with Gasteiger partial charge in [-0.2, -0.15) is 0 Å². The Morgan fingerprint density at radius 3 is 3.00 bits per heavy atom. The summed E-state index contributed by atoms with van der Waals surface area (Å²) in [5.74, 6) is 0.930. The number of carbonyl (C=O) groups excluding carboxylic acids is 1. The van der Waals surface area contributed by atoms with E-state index in [0.717, 1.165) is 12.8 Å². The summed E-state index contributed by atoms with van der Waals surface area (Å²) < 4.78 is 4.99. The highest BCUT2D eigenvalue weighted by Crippen LogP contribution is 2.52. The van der Waals surface area contributed by atoms with Crippen LogP contribution in [0.25, 0.3) is 0 Å². The predicted octanol–water partition coefficient (Wildman–Crippen LogP) is 1.07. The van der Waals surface area contributed by atoms with Crippen LogP contribution >= 0.6 is 0 Å². The largest absolute Gasteiger partial charge is 0.465 e. The molecule has 2 rings (SSSR count). The van der Waals surface area contributed by atoms with Crippen molar-refractivity contribution in [3.63, 3.8) is 0 Å². The van der Waals surface area contributed by atoms with E-state index in [1.165, 1.54) is 12.8 Å². The molecule has 3 unspecified atom stereocenters. The zero-order valence-corrected chi connectivity index (χ0v) is 8.08. The maximum absolute atomic E-state index is 11.5. The highest BCUT2D eigenvalue weighted by atomic mass is 16.5. The summed E-state index contributed by atoms with van der Waals surface area (Å²) >= 11 is 0. The third-order valence-electron chi connectivity index (χ3n) is 3.58. The Morgan fingerprint density at radius 2 is 2.38 bits per heavy atom.